The maximum Gasteiger partial charge on any atom is 0.224 e. The quantitative estimate of drug-likeness (QED) is 0.311. The van der Waals surface area contributed by atoms with E-state index in [1.54, 1.807) is 12.3 Å². The predicted molar refractivity (Wildman–Crippen MR) is 130 cm³/mol. The number of aromatic amines is 1. The lowest BCUT2D eigenvalue weighted by Crippen LogP contribution is -2.58. The normalized spacial score (nSPS) is 22.1. The minimum Gasteiger partial charge on any atom is -0.383 e. The molecule has 0 spiro atoms. The van der Waals surface area contributed by atoms with Crippen LogP contribution in [-0.2, 0) is 10.4 Å². The number of aromatic nitrogens is 6. The van der Waals surface area contributed by atoms with Gasteiger partial charge in [0.1, 0.15) is 11.4 Å². The second kappa shape index (κ2) is 8.52. The third-order valence-corrected chi connectivity index (χ3v) is 7.00. The van der Waals surface area contributed by atoms with Crippen molar-refractivity contribution >= 4 is 17.5 Å². The van der Waals surface area contributed by atoms with Crippen molar-refractivity contribution in [3.8, 4) is 5.82 Å². The molecule has 36 heavy (non-hydrogen) atoms. The number of nitrogens with two attached hydrogens (primary N) is 1. The van der Waals surface area contributed by atoms with E-state index in [0.717, 1.165) is 23.0 Å². The van der Waals surface area contributed by atoms with Crippen LogP contribution in [0.25, 0.3) is 5.82 Å². The summed E-state index contributed by atoms with van der Waals surface area (Å²) in [4.78, 5) is 21.7. The Kier molecular flexibility index (Phi) is 5.59. The minimum atomic E-state index is -1.31. The van der Waals surface area contributed by atoms with Crippen LogP contribution in [0.5, 0.6) is 0 Å². The molecule has 0 bridgehead atoms. The number of nitrogens with one attached hydrogen (secondary N) is 2. The van der Waals surface area contributed by atoms with Gasteiger partial charge in [0.2, 0.25) is 5.91 Å². The summed E-state index contributed by atoms with van der Waals surface area (Å²) in [7, 11) is 0. The number of hydrogen-bond acceptors (Lipinski definition) is 7. The molecule has 4 heterocycles. The highest BCUT2D eigenvalue weighted by atomic mass is 19.1. The van der Waals surface area contributed by atoms with E-state index in [-0.39, 0.29) is 18.8 Å². The second-order valence-corrected chi connectivity index (χ2v) is 9.66. The molecule has 0 saturated heterocycles. The maximum absolute atomic E-state index is 13.3. The van der Waals surface area contributed by atoms with Crippen LogP contribution in [0.15, 0.2) is 48.9 Å². The van der Waals surface area contributed by atoms with Crippen molar-refractivity contribution in [1.29, 1.82) is 0 Å². The summed E-state index contributed by atoms with van der Waals surface area (Å²) in [6.45, 7) is 5.71. The van der Waals surface area contributed by atoms with Crippen molar-refractivity contribution in [3.05, 3.63) is 77.3 Å². The van der Waals surface area contributed by atoms with Gasteiger partial charge in [-0.25, -0.2) is 19.0 Å². The summed E-state index contributed by atoms with van der Waals surface area (Å²) in [5, 5.41) is 25.6. The Morgan fingerprint density at radius 2 is 2.00 bits per heavy atom. The Bertz CT molecular complexity index is 1420. The molecule has 1 aliphatic rings. The lowest BCUT2D eigenvalue weighted by atomic mass is 9.51. The number of anilines is 2. The van der Waals surface area contributed by atoms with Crippen LogP contribution < -0.4 is 11.1 Å². The summed E-state index contributed by atoms with van der Waals surface area (Å²) >= 11 is 0. The fraction of sp³-hybridized carbons (Fsp3) is 0.320. The van der Waals surface area contributed by atoms with Gasteiger partial charge in [-0.2, -0.15) is 10.2 Å². The summed E-state index contributed by atoms with van der Waals surface area (Å²) in [5.41, 5.74) is 6.65. The molecule has 0 unspecified atom stereocenters. The molecule has 10 nitrogen and oxygen atoms in total. The zero-order chi connectivity index (χ0) is 25.7. The first kappa shape index (κ1) is 23.6. The van der Waals surface area contributed by atoms with Crippen molar-refractivity contribution < 1.29 is 14.3 Å². The fourth-order valence-electron chi connectivity index (χ4n) is 4.98. The van der Waals surface area contributed by atoms with Crippen LogP contribution in [0, 0.1) is 25.1 Å². The zero-order valence-corrected chi connectivity index (χ0v) is 20.2. The van der Waals surface area contributed by atoms with Gasteiger partial charge in [0.05, 0.1) is 23.5 Å². The number of nitrogens with zero attached hydrogens (tertiary/aromatic N) is 5. The lowest BCUT2D eigenvalue weighted by Gasteiger charge is -2.54. The van der Waals surface area contributed by atoms with Gasteiger partial charge in [0.15, 0.2) is 17.5 Å². The Balaban J connectivity index is 1.38. The molecule has 0 radical (unpaired) electrons. The summed E-state index contributed by atoms with van der Waals surface area (Å²) < 4.78 is 14.6. The van der Waals surface area contributed by atoms with Gasteiger partial charge in [0, 0.05) is 18.0 Å². The van der Waals surface area contributed by atoms with E-state index < -0.39 is 22.7 Å². The van der Waals surface area contributed by atoms with Gasteiger partial charge in [-0.3, -0.25) is 9.89 Å². The van der Waals surface area contributed by atoms with Crippen molar-refractivity contribution in [2.24, 2.45) is 11.1 Å². The first-order chi connectivity index (χ1) is 17.1. The van der Waals surface area contributed by atoms with E-state index in [2.05, 4.69) is 30.6 Å². The number of halogens is 1. The standard InChI is InChI=1S/C25H27FN8O2/c1-14-6-19(30-20(7-14)31-21-8-15(2)32-33-21)25(36)12-24(13-25,23(27)35)16(3)17-4-5-22(28-9-17)34-11-18(26)10-29-34/h4-11,16,36H,12-13H2,1-3H3,(H2,27,35)(H2,30,31,32,33)/t16-,24?,25?/m0/s1. The van der Waals surface area contributed by atoms with Crippen molar-refractivity contribution in [3.63, 3.8) is 0 Å². The molecule has 186 valence electrons. The molecule has 11 heteroatoms. The van der Waals surface area contributed by atoms with Crippen molar-refractivity contribution in [1.82, 2.24) is 29.9 Å². The fourth-order valence-corrected chi connectivity index (χ4v) is 4.98. The highest BCUT2D eigenvalue weighted by Gasteiger charge is 2.61. The Hall–Kier alpha value is -4.12. The first-order valence-corrected chi connectivity index (χ1v) is 11.5. The minimum absolute atomic E-state index is 0.125. The molecule has 4 aromatic rings. The van der Waals surface area contributed by atoms with Crippen LogP contribution >= 0.6 is 0 Å². The SMILES string of the molecule is Cc1cc(Nc2cc(C)[nH]n2)nc(C2(O)CC(C(N)=O)([C@@H](C)c3ccc(-n4cc(F)cn4)nc3)C2)c1. The van der Waals surface area contributed by atoms with E-state index >= 15 is 0 Å². The number of carbonyl (C=O) groups is 1. The highest BCUT2D eigenvalue weighted by Crippen LogP contribution is 2.60. The number of rotatable bonds is 7. The van der Waals surface area contributed by atoms with Crippen LogP contribution in [0.4, 0.5) is 16.0 Å². The summed E-state index contributed by atoms with van der Waals surface area (Å²) in [6.07, 6.45) is 4.21. The molecular formula is C25H27FN8O2. The molecule has 1 aliphatic carbocycles. The number of primary amides is 1. The number of hydrogen-bond donors (Lipinski definition) is 4. The van der Waals surface area contributed by atoms with Crippen molar-refractivity contribution in [2.45, 2.75) is 45.1 Å². The topological polar surface area (TPSA) is 148 Å². The molecule has 1 fully saturated rings. The molecule has 5 rings (SSSR count). The van der Waals surface area contributed by atoms with Crippen molar-refractivity contribution in [2.75, 3.05) is 5.32 Å². The van der Waals surface area contributed by atoms with Gasteiger partial charge < -0.3 is 16.2 Å². The molecule has 1 atom stereocenters. The van der Waals surface area contributed by atoms with E-state index in [1.807, 2.05) is 45.0 Å². The Labute approximate surface area is 206 Å². The Morgan fingerprint density at radius 3 is 2.58 bits per heavy atom. The van der Waals surface area contributed by atoms with Gasteiger partial charge in [-0.05, 0) is 61.9 Å². The third kappa shape index (κ3) is 4.11. The summed E-state index contributed by atoms with van der Waals surface area (Å²) in [6, 6.07) is 9.04. The van der Waals surface area contributed by atoms with Gasteiger partial charge in [0.25, 0.3) is 0 Å². The smallest absolute Gasteiger partial charge is 0.224 e. The van der Waals surface area contributed by atoms with Crippen LogP contribution in [0.2, 0.25) is 0 Å². The molecule has 1 amide bonds. The average Bonchev–Trinajstić information content (AvgIpc) is 3.43. The maximum atomic E-state index is 13.3. The zero-order valence-electron chi connectivity index (χ0n) is 20.2. The van der Waals surface area contributed by atoms with Crippen LogP contribution in [0.1, 0.15) is 48.2 Å². The van der Waals surface area contributed by atoms with Gasteiger partial charge >= 0.3 is 0 Å². The number of aliphatic hydroxyl groups is 1. The van der Waals surface area contributed by atoms with E-state index in [0.29, 0.717) is 23.1 Å². The second-order valence-electron chi connectivity index (χ2n) is 9.66. The molecule has 4 aromatic heterocycles. The monoisotopic (exact) mass is 490 g/mol. The van der Waals surface area contributed by atoms with E-state index in [1.165, 1.54) is 10.9 Å². The predicted octanol–water partition coefficient (Wildman–Crippen LogP) is 3.14. The molecular weight excluding hydrogens is 463 g/mol. The first-order valence-electron chi connectivity index (χ1n) is 11.5. The van der Waals surface area contributed by atoms with Crippen LogP contribution in [0.3, 0.4) is 0 Å². The molecule has 1 saturated carbocycles. The third-order valence-electron chi connectivity index (χ3n) is 7.00. The Morgan fingerprint density at radius 1 is 1.22 bits per heavy atom. The number of pyridine rings is 2. The molecule has 0 aromatic carbocycles. The number of amides is 1. The number of aryl methyl sites for hydroxylation is 2. The molecule has 0 aliphatic heterocycles. The molecule has 5 N–H and O–H groups in total. The van der Waals surface area contributed by atoms with Gasteiger partial charge in [-0.1, -0.05) is 13.0 Å². The van der Waals surface area contributed by atoms with E-state index in [9.17, 15) is 14.3 Å². The lowest BCUT2D eigenvalue weighted by molar-refractivity contribution is -0.170. The van der Waals surface area contributed by atoms with E-state index in [4.69, 9.17) is 5.73 Å². The average molecular weight is 491 g/mol. The number of carbonyl (C=O) groups excluding carboxylic acids is 1. The van der Waals surface area contributed by atoms with Gasteiger partial charge in [-0.15, -0.1) is 0 Å². The summed E-state index contributed by atoms with van der Waals surface area (Å²) in [5.74, 6) is 0.342. The van der Waals surface area contributed by atoms with Crippen LogP contribution in [-0.4, -0.2) is 41.0 Å². The largest absolute Gasteiger partial charge is 0.383 e. The highest BCUT2D eigenvalue weighted by molar-refractivity contribution is 5.84. The number of H-pyrrole nitrogens is 1.